The van der Waals surface area contributed by atoms with E-state index in [1.807, 2.05) is 23.0 Å². The lowest BCUT2D eigenvalue weighted by Crippen LogP contribution is -2.49. The number of hydrogen-bond donors (Lipinski definition) is 3. The molecule has 1 aromatic carbocycles. The van der Waals surface area contributed by atoms with Gasteiger partial charge >= 0.3 is 0 Å². The highest BCUT2D eigenvalue weighted by atomic mass is 35.5. The zero-order chi connectivity index (χ0) is 21.9. The second kappa shape index (κ2) is 10.4. The molecule has 1 fully saturated rings. The Balaban J connectivity index is 0.00000259. The van der Waals surface area contributed by atoms with Crippen molar-refractivity contribution >= 4 is 18.3 Å². The molecule has 0 bridgehead atoms. The Hall–Kier alpha value is -2.78. The summed E-state index contributed by atoms with van der Waals surface area (Å²) in [6, 6.07) is 11.7. The van der Waals surface area contributed by atoms with Crippen LogP contribution < -0.4 is 10.6 Å². The van der Waals surface area contributed by atoms with Crippen molar-refractivity contribution in [1.29, 1.82) is 0 Å². The van der Waals surface area contributed by atoms with Crippen LogP contribution in [0.4, 0.5) is 0 Å². The van der Waals surface area contributed by atoms with Crippen LogP contribution in [0.1, 0.15) is 39.3 Å². The Labute approximate surface area is 198 Å². The van der Waals surface area contributed by atoms with Gasteiger partial charge in [0.25, 0.3) is 5.91 Å². The van der Waals surface area contributed by atoms with Gasteiger partial charge in [-0.25, -0.2) is 9.67 Å². The van der Waals surface area contributed by atoms with Crippen LogP contribution in [0.3, 0.4) is 0 Å². The van der Waals surface area contributed by atoms with Gasteiger partial charge in [0.2, 0.25) is 0 Å². The van der Waals surface area contributed by atoms with Crippen molar-refractivity contribution in [3.05, 3.63) is 76.9 Å². The molecule has 2 aromatic heterocycles. The summed E-state index contributed by atoms with van der Waals surface area (Å²) in [6.45, 7) is 2.38. The molecule has 0 radical (unpaired) electrons. The van der Waals surface area contributed by atoms with Gasteiger partial charge in [-0.3, -0.25) is 4.79 Å². The van der Waals surface area contributed by atoms with E-state index in [1.165, 1.54) is 5.56 Å². The van der Waals surface area contributed by atoms with Gasteiger partial charge in [-0.15, -0.1) is 12.4 Å². The van der Waals surface area contributed by atoms with Crippen molar-refractivity contribution in [2.24, 2.45) is 0 Å². The van der Waals surface area contributed by atoms with Crippen LogP contribution in [0.5, 0.6) is 0 Å². The van der Waals surface area contributed by atoms with Gasteiger partial charge < -0.3 is 20.5 Å². The number of aromatic nitrogens is 3. The number of ether oxygens (including phenoxy) is 1. The summed E-state index contributed by atoms with van der Waals surface area (Å²) in [5.41, 5.74) is 5.82. The third-order valence-electron chi connectivity index (χ3n) is 6.12. The molecule has 3 N–H and O–H groups in total. The Kier molecular flexibility index (Phi) is 7.39. The summed E-state index contributed by atoms with van der Waals surface area (Å²) in [4.78, 5) is 17.6. The first-order chi connectivity index (χ1) is 15.7. The number of nitrogens with one attached hydrogen (secondary N) is 2. The molecule has 1 amide bonds. The van der Waals surface area contributed by atoms with Crippen LogP contribution in [-0.2, 0) is 24.1 Å². The smallest absolute Gasteiger partial charge is 0.270 e. The first-order valence-electron chi connectivity index (χ1n) is 11.1. The fraction of sp³-hybridized carbons (Fsp3) is 0.375. The zero-order valence-corrected chi connectivity index (χ0v) is 19.1. The molecule has 0 unspecified atom stereocenters. The quantitative estimate of drug-likeness (QED) is 0.527. The van der Waals surface area contributed by atoms with Gasteiger partial charge in [-0.1, -0.05) is 12.1 Å². The molecular weight excluding hydrogens is 442 g/mol. The predicted octanol–water partition coefficient (Wildman–Crippen LogP) is 1.81. The predicted molar refractivity (Wildman–Crippen MR) is 126 cm³/mol. The first-order valence-corrected chi connectivity index (χ1v) is 11.1. The number of carbonyl (C=O) groups excluding carboxylic acids is 1. The molecule has 1 saturated heterocycles. The number of fused-ring (bicyclic) bond motifs is 1. The lowest BCUT2D eigenvalue weighted by molar-refractivity contribution is -0.0140. The minimum absolute atomic E-state index is 0. The van der Waals surface area contributed by atoms with Crippen LogP contribution in [0.25, 0.3) is 5.69 Å². The average Bonchev–Trinajstić information content (AvgIpc) is 3.36. The van der Waals surface area contributed by atoms with E-state index < -0.39 is 12.1 Å². The maximum absolute atomic E-state index is 13.0. The number of aliphatic hydroxyl groups is 1. The van der Waals surface area contributed by atoms with Gasteiger partial charge in [0.1, 0.15) is 5.69 Å². The molecule has 2 aliphatic heterocycles. The van der Waals surface area contributed by atoms with E-state index in [0.29, 0.717) is 31.9 Å². The van der Waals surface area contributed by atoms with E-state index in [1.54, 1.807) is 6.20 Å². The summed E-state index contributed by atoms with van der Waals surface area (Å²) in [7, 11) is 0. The van der Waals surface area contributed by atoms with Gasteiger partial charge in [-0.2, -0.15) is 5.10 Å². The van der Waals surface area contributed by atoms with Crippen molar-refractivity contribution < 1.29 is 14.6 Å². The van der Waals surface area contributed by atoms with Crippen molar-refractivity contribution in [1.82, 2.24) is 25.4 Å². The maximum atomic E-state index is 13.0. The highest BCUT2D eigenvalue weighted by Crippen LogP contribution is 2.23. The maximum Gasteiger partial charge on any atom is 0.270 e. The minimum Gasteiger partial charge on any atom is -0.391 e. The van der Waals surface area contributed by atoms with E-state index in [-0.39, 0.29) is 18.3 Å². The number of rotatable bonds is 5. The topological polar surface area (TPSA) is 101 Å². The van der Waals surface area contributed by atoms with Crippen molar-refractivity contribution in [2.75, 3.05) is 19.8 Å². The molecule has 0 spiro atoms. The molecule has 3 aromatic rings. The summed E-state index contributed by atoms with van der Waals surface area (Å²) in [6.07, 6.45) is 5.21. The average molecular weight is 470 g/mol. The highest BCUT2D eigenvalue weighted by molar-refractivity contribution is 5.93. The molecule has 0 aliphatic carbocycles. The number of halogens is 1. The molecule has 174 valence electrons. The van der Waals surface area contributed by atoms with Gasteiger partial charge in [0.05, 0.1) is 30.1 Å². The van der Waals surface area contributed by atoms with Gasteiger partial charge in [-0.05, 0) is 66.8 Å². The normalized spacial score (nSPS) is 19.9. The van der Waals surface area contributed by atoms with Crippen LogP contribution >= 0.6 is 12.4 Å². The summed E-state index contributed by atoms with van der Waals surface area (Å²) < 4.78 is 7.24. The van der Waals surface area contributed by atoms with Crippen LogP contribution in [0.2, 0.25) is 0 Å². The van der Waals surface area contributed by atoms with E-state index in [4.69, 9.17) is 4.74 Å². The molecule has 9 heteroatoms. The SMILES string of the molecule is Cl.O=C(N[C@@H]1COCC[C@H]1O)c1cc(Cc2ccc(-n3cccn3)cc2)c2c(n1)CNCC2. The fourth-order valence-electron chi connectivity index (χ4n) is 4.34. The van der Waals surface area contributed by atoms with E-state index in [0.717, 1.165) is 41.9 Å². The Morgan fingerprint density at radius 3 is 2.91 bits per heavy atom. The van der Waals surface area contributed by atoms with Crippen molar-refractivity contribution in [3.8, 4) is 5.69 Å². The number of nitrogens with zero attached hydrogens (tertiary/aromatic N) is 3. The van der Waals surface area contributed by atoms with Crippen LogP contribution in [0.15, 0.2) is 48.8 Å². The van der Waals surface area contributed by atoms with Gasteiger partial charge in [0, 0.05) is 25.5 Å². The Bertz CT molecular complexity index is 1090. The zero-order valence-electron chi connectivity index (χ0n) is 18.2. The van der Waals surface area contributed by atoms with Crippen LogP contribution in [-0.4, -0.2) is 57.7 Å². The Morgan fingerprint density at radius 2 is 2.15 bits per heavy atom. The molecule has 8 nitrogen and oxygen atoms in total. The second-order valence-corrected chi connectivity index (χ2v) is 8.32. The third kappa shape index (κ3) is 5.25. The summed E-state index contributed by atoms with van der Waals surface area (Å²) >= 11 is 0. The van der Waals surface area contributed by atoms with E-state index in [9.17, 15) is 9.90 Å². The van der Waals surface area contributed by atoms with Crippen molar-refractivity contribution in [2.45, 2.75) is 38.0 Å². The standard InChI is InChI=1S/C24H27N5O3.ClH/c30-23-7-11-32-15-22(23)28-24(31)20-13-17(19-6-9-25-14-21(19)27-20)12-16-2-4-18(5-3-16)29-10-1-8-26-29;/h1-5,8,10,13,22-23,25,30H,6-7,9,11-12,14-15H2,(H,28,31);1H/t22-,23-;/m1./s1. The van der Waals surface area contributed by atoms with Crippen molar-refractivity contribution in [3.63, 3.8) is 0 Å². The number of benzene rings is 1. The first kappa shape index (κ1) is 23.4. The molecule has 0 saturated carbocycles. The summed E-state index contributed by atoms with van der Waals surface area (Å²) in [5.74, 6) is -0.275. The number of pyridine rings is 1. The highest BCUT2D eigenvalue weighted by Gasteiger charge is 2.27. The lowest BCUT2D eigenvalue weighted by Gasteiger charge is -2.28. The number of amides is 1. The van der Waals surface area contributed by atoms with Crippen LogP contribution in [0, 0.1) is 0 Å². The minimum atomic E-state index is -0.597. The third-order valence-corrected chi connectivity index (χ3v) is 6.12. The molecular formula is C24H28ClN5O3. The molecule has 33 heavy (non-hydrogen) atoms. The number of hydrogen-bond acceptors (Lipinski definition) is 6. The lowest BCUT2D eigenvalue weighted by atomic mass is 9.94. The number of aliphatic hydroxyl groups excluding tert-OH is 1. The molecule has 4 heterocycles. The number of carbonyl (C=O) groups is 1. The van der Waals surface area contributed by atoms with Gasteiger partial charge in [0.15, 0.2) is 0 Å². The molecule has 5 rings (SSSR count). The Morgan fingerprint density at radius 1 is 1.30 bits per heavy atom. The fourth-order valence-corrected chi connectivity index (χ4v) is 4.34. The van der Waals surface area contributed by atoms with E-state index in [2.05, 4.69) is 45.0 Å². The van der Waals surface area contributed by atoms with E-state index >= 15 is 0 Å². The monoisotopic (exact) mass is 469 g/mol. The molecule has 2 aliphatic rings. The molecule has 2 atom stereocenters. The summed E-state index contributed by atoms with van der Waals surface area (Å²) in [5, 5.41) is 20.7. The largest absolute Gasteiger partial charge is 0.391 e. The second-order valence-electron chi connectivity index (χ2n) is 8.32.